The van der Waals surface area contributed by atoms with E-state index in [2.05, 4.69) is 18.3 Å². The molecule has 0 spiro atoms. The van der Waals surface area contributed by atoms with E-state index in [1.54, 1.807) is 0 Å². The molecule has 90 valence electrons. The minimum absolute atomic E-state index is 0.380. The molecule has 1 saturated carbocycles. The van der Waals surface area contributed by atoms with Crippen molar-refractivity contribution < 1.29 is 0 Å². The van der Waals surface area contributed by atoms with Crippen molar-refractivity contribution in [1.29, 1.82) is 5.26 Å². The molecule has 3 heteroatoms. The second-order valence-electron chi connectivity index (χ2n) is 4.84. The highest BCUT2D eigenvalue weighted by Gasteiger charge is 2.38. The lowest BCUT2D eigenvalue weighted by atomic mass is 9.96. The van der Waals surface area contributed by atoms with Gasteiger partial charge in [-0.05, 0) is 49.4 Å². The summed E-state index contributed by atoms with van der Waals surface area (Å²) in [6.07, 6.45) is 4.18. The molecule has 0 radical (unpaired) electrons. The van der Waals surface area contributed by atoms with E-state index < -0.39 is 0 Å². The molecule has 0 bridgehead atoms. The Bertz CT molecular complexity index is 421. The fourth-order valence-corrected chi connectivity index (χ4v) is 2.67. The summed E-state index contributed by atoms with van der Waals surface area (Å²) in [5, 5.41) is 13.5. The maximum absolute atomic E-state index is 9.41. The maximum atomic E-state index is 9.41. The van der Waals surface area contributed by atoms with E-state index in [0.29, 0.717) is 5.92 Å². The third kappa shape index (κ3) is 2.73. The summed E-state index contributed by atoms with van der Waals surface area (Å²) in [5.41, 5.74) is 0.599. The van der Waals surface area contributed by atoms with Crippen LogP contribution in [0.25, 0.3) is 0 Å². The van der Waals surface area contributed by atoms with Crippen molar-refractivity contribution in [1.82, 2.24) is 0 Å². The fourth-order valence-electron chi connectivity index (χ4n) is 2.55. The highest BCUT2D eigenvalue weighted by molar-refractivity contribution is 6.30. The van der Waals surface area contributed by atoms with Gasteiger partial charge in [-0.2, -0.15) is 5.26 Å². The van der Waals surface area contributed by atoms with Crippen molar-refractivity contribution in [3.8, 4) is 6.07 Å². The van der Waals surface area contributed by atoms with Gasteiger partial charge in [0, 0.05) is 10.7 Å². The summed E-state index contributed by atoms with van der Waals surface area (Å²) in [6.45, 7) is 2.19. The number of nitrogens with one attached hydrogen (secondary N) is 1. The molecule has 0 saturated heterocycles. The normalized spacial score (nSPS) is 27.7. The van der Waals surface area contributed by atoms with E-state index in [4.69, 9.17) is 11.6 Å². The Balaban J connectivity index is 2.11. The van der Waals surface area contributed by atoms with Crippen LogP contribution in [0.15, 0.2) is 24.3 Å². The first-order valence-corrected chi connectivity index (χ1v) is 6.50. The molecule has 1 aromatic rings. The van der Waals surface area contributed by atoms with E-state index in [0.717, 1.165) is 36.4 Å². The molecule has 1 aromatic carbocycles. The van der Waals surface area contributed by atoms with Crippen LogP contribution in [0, 0.1) is 17.2 Å². The first-order chi connectivity index (χ1) is 8.17. The third-order valence-electron chi connectivity index (χ3n) is 3.64. The molecule has 17 heavy (non-hydrogen) atoms. The molecule has 1 aliphatic rings. The molecule has 1 fully saturated rings. The Morgan fingerprint density at radius 3 is 2.71 bits per heavy atom. The molecule has 1 N–H and O–H groups in total. The summed E-state index contributed by atoms with van der Waals surface area (Å²) >= 11 is 5.85. The van der Waals surface area contributed by atoms with Crippen molar-refractivity contribution in [2.75, 3.05) is 5.32 Å². The average molecular weight is 249 g/mol. The van der Waals surface area contributed by atoms with Crippen LogP contribution in [-0.2, 0) is 0 Å². The summed E-state index contributed by atoms with van der Waals surface area (Å²) in [6, 6.07) is 10.0. The highest BCUT2D eigenvalue weighted by Crippen LogP contribution is 2.38. The van der Waals surface area contributed by atoms with Crippen molar-refractivity contribution in [3.05, 3.63) is 29.3 Å². The third-order valence-corrected chi connectivity index (χ3v) is 3.89. The van der Waals surface area contributed by atoms with Gasteiger partial charge in [-0.1, -0.05) is 24.9 Å². The Morgan fingerprint density at radius 1 is 1.47 bits per heavy atom. The predicted octanol–water partition coefficient (Wildman–Crippen LogP) is 4.22. The fraction of sp³-hybridized carbons (Fsp3) is 0.500. The molecule has 0 amide bonds. The van der Waals surface area contributed by atoms with Crippen molar-refractivity contribution in [2.45, 2.75) is 38.1 Å². The molecule has 0 aliphatic heterocycles. The lowest BCUT2D eigenvalue weighted by Crippen LogP contribution is -2.33. The monoisotopic (exact) mass is 248 g/mol. The predicted molar refractivity (Wildman–Crippen MR) is 71.1 cm³/mol. The van der Waals surface area contributed by atoms with Gasteiger partial charge in [0.2, 0.25) is 0 Å². The highest BCUT2D eigenvalue weighted by atomic mass is 35.5. The molecule has 0 heterocycles. The molecule has 2 unspecified atom stereocenters. The van der Waals surface area contributed by atoms with Gasteiger partial charge in [0.1, 0.15) is 5.54 Å². The first-order valence-electron chi connectivity index (χ1n) is 6.12. The van der Waals surface area contributed by atoms with Gasteiger partial charge in [-0.3, -0.25) is 0 Å². The van der Waals surface area contributed by atoms with Crippen LogP contribution in [-0.4, -0.2) is 5.54 Å². The van der Waals surface area contributed by atoms with Crippen LogP contribution >= 0.6 is 11.6 Å². The molecule has 0 aromatic heterocycles. The van der Waals surface area contributed by atoms with Crippen molar-refractivity contribution in [2.24, 2.45) is 5.92 Å². The minimum atomic E-state index is -0.380. The van der Waals surface area contributed by atoms with Gasteiger partial charge in [0.25, 0.3) is 0 Å². The van der Waals surface area contributed by atoms with Crippen LogP contribution in [0.2, 0.25) is 5.02 Å². The first kappa shape index (κ1) is 12.3. The standard InChI is InChI=1S/C14H17ClN2/c1-2-11-7-8-14(9-11,10-16)17-13-5-3-12(15)4-6-13/h3-6,11,17H,2,7-9H2,1H3. The van der Waals surface area contributed by atoms with Gasteiger partial charge < -0.3 is 5.32 Å². The number of halogens is 1. The average Bonchev–Trinajstić information content (AvgIpc) is 2.76. The zero-order chi connectivity index (χ0) is 12.3. The number of rotatable bonds is 3. The number of anilines is 1. The van der Waals surface area contributed by atoms with Crippen LogP contribution in [0.3, 0.4) is 0 Å². The summed E-state index contributed by atoms with van der Waals surface area (Å²) < 4.78 is 0. The second kappa shape index (κ2) is 4.98. The minimum Gasteiger partial charge on any atom is -0.367 e. The van der Waals surface area contributed by atoms with E-state index in [1.165, 1.54) is 0 Å². The molecular weight excluding hydrogens is 232 g/mol. The number of nitriles is 1. The van der Waals surface area contributed by atoms with E-state index in [-0.39, 0.29) is 5.54 Å². The number of hydrogen-bond acceptors (Lipinski definition) is 2. The second-order valence-corrected chi connectivity index (χ2v) is 5.28. The molecule has 2 atom stereocenters. The number of hydrogen-bond donors (Lipinski definition) is 1. The zero-order valence-electron chi connectivity index (χ0n) is 10.0. The largest absolute Gasteiger partial charge is 0.367 e. The molecule has 2 nitrogen and oxygen atoms in total. The summed E-state index contributed by atoms with van der Waals surface area (Å²) in [5.74, 6) is 0.675. The Hall–Kier alpha value is -1.20. The Morgan fingerprint density at radius 2 is 2.18 bits per heavy atom. The SMILES string of the molecule is CCC1CCC(C#N)(Nc2ccc(Cl)cc2)C1. The summed E-state index contributed by atoms with van der Waals surface area (Å²) in [4.78, 5) is 0. The zero-order valence-corrected chi connectivity index (χ0v) is 10.8. The van der Waals surface area contributed by atoms with Crippen molar-refractivity contribution >= 4 is 17.3 Å². The molecule has 1 aliphatic carbocycles. The van der Waals surface area contributed by atoms with E-state index in [9.17, 15) is 5.26 Å². The Labute approximate surface area is 108 Å². The van der Waals surface area contributed by atoms with E-state index in [1.807, 2.05) is 24.3 Å². The van der Waals surface area contributed by atoms with E-state index >= 15 is 0 Å². The van der Waals surface area contributed by atoms with Gasteiger partial charge in [0.15, 0.2) is 0 Å². The Kier molecular flexibility index (Phi) is 3.59. The lowest BCUT2D eigenvalue weighted by Gasteiger charge is -2.24. The lowest BCUT2D eigenvalue weighted by molar-refractivity contribution is 0.503. The van der Waals surface area contributed by atoms with Gasteiger partial charge >= 0.3 is 0 Å². The maximum Gasteiger partial charge on any atom is 0.125 e. The van der Waals surface area contributed by atoms with Crippen LogP contribution in [0.5, 0.6) is 0 Å². The molecule has 2 rings (SSSR count). The molecular formula is C14H17ClN2. The van der Waals surface area contributed by atoms with Crippen LogP contribution in [0.4, 0.5) is 5.69 Å². The van der Waals surface area contributed by atoms with Gasteiger partial charge in [-0.15, -0.1) is 0 Å². The quantitative estimate of drug-likeness (QED) is 0.869. The topological polar surface area (TPSA) is 35.8 Å². The van der Waals surface area contributed by atoms with Gasteiger partial charge in [0.05, 0.1) is 6.07 Å². The summed E-state index contributed by atoms with van der Waals surface area (Å²) in [7, 11) is 0. The van der Waals surface area contributed by atoms with Crippen molar-refractivity contribution in [3.63, 3.8) is 0 Å². The number of nitrogens with zero attached hydrogens (tertiary/aromatic N) is 1. The number of benzene rings is 1. The van der Waals surface area contributed by atoms with Crippen LogP contribution in [0.1, 0.15) is 32.6 Å². The van der Waals surface area contributed by atoms with Gasteiger partial charge in [-0.25, -0.2) is 0 Å². The van der Waals surface area contributed by atoms with Crippen LogP contribution < -0.4 is 5.32 Å². The smallest absolute Gasteiger partial charge is 0.125 e.